The summed E-state index contributed by atoms with van der Waals surface area (Å²) in [6.45, 7) is 5.61. The van der Waals surface area contributed by atoms with E-state index in [1.54, 1.807) is 7.11 Å². The summed E-state index contributed by atoms with van der Waals surface area (Å²) < 4.78 is 10.8. The van der Waals surface area contributed by atoms with E-state index in [0.717, 1.165) is 28.0 Å². The Hall–Kier alpha value is -2.72. The lowest BCUT2D eigenvalue weighted by atomic mass is 9.92. The molecular formula is C24H26O3S. The molecule has 0 aliphatic heterocycles. The first-order valence-electron chi connectivity index (χ1n) is 8.94. The smallest absolute Gasteiger partial charge is 0.338 e. The molecule has 0 bridgehead atoms. The summed E-state index contributed by atoms with van der Waals surface area (Å²) in [5.41, 5.74) is 4.16. The van der Waals surface area contributed by atoms with E-state index in [9.17, 15) is 4.79 Å². The van der Waals surface area contributed by atoms with Crippen LogP contribution in [0.3, 0.4) is 0 Å². The molecule has 146 valence electrons. The van der Waals surface area contributed by atoms with E-state index in [1.807, 2.05) is 81.4 Å². The van der Waals surface area contributed by atoms with Crippen molar-refractivity contribution in [2.45, 2.75) is 26.4 Å². The van der Waals surface area contributed by atoms with Crippen LogP contribution < -0.4 is 4.74 Å². The van der Waals surface area contributed by atoms with Crippen LogP contribution in [0.25, 0.3) is 22.3 Å². The molecule has 0 aliphatic carbocycles. The van der Waals surface area contributed by atoms with E-state index in [1.165, 1.54) is 0 Å². The molecule has 0 fully saturated rings. The maximum Gasteiger partial charge on any atom is 0.338 e. The molecule has 0 aliphatic rings. The van der Waals surface area contributed by atoms with Crippen molar-refractivity contribution in [3.63, 3.8) is 0 Å². The van der Waals surface area contributed by atoms with Crippen molar-refractivity contribution in [1.29, 1.82) is 0 Å². The minimum absolute atomic E-state index is 0. The van der Waals surface area contributed by atoms with Crippen LogP contribution in [0.4, 0.5) is 0 Å². The van der Waals surface area contributed by atoms with Crippen molar-refractivity contribution in [2.75, 3.05) is 7.11 Å². The normalized spacial score (nSPS) is 10.7. The average molecular weight is 395 g/mol. The number of rotatable bonds is 4. The van der Waals surface area contributed by atoms with Gasteiger partial charge < -0.3 is 9.47 Å². The third-order valence-corrected chi connectivity index (χ3v) is 4.14. The third-order valence-electron chi connectivity index (χ3n) is 4.14. The number of ether oxygens (including phenoxy) is 2. The minimum Gasteiger partial charge on any atom is -0.497 e. The minimum atomic E-state index is -0.532. The topological polar surface area (TPSA) is 35.5 Å². The Bertz CT molecular complexity index is 926. The van der Waals surface area contributed by atoms with Gasteiger partial charge in [0, 0.05) is 0 Å². The maximum atomic E-state index is 12.5. The zero-order valence-electron chi connectivity index (χ0n) is 16.7. The van der Waals surface area contributed by atoms with Crippen molar-refractivity contribution in [3.05, 3.63) is 78.4 Å². The first kappa shape index (κ1) is 21.6. The number of benzene rings is 3. The molecule has 4 heteroatoms. The number of hydrogen-bond donors (Lipinski definition) is 0. The molecule has 3 nitrogen and oxygen atoms in total. The summed E-state index contributed by atoms with van der Waals surface area (Å²) >= 11 is 0. The molecule has 0 heterocycles. The first-order valence-corrected chi connectivity index (χ1v) is 8.94. The lowest BCUT2D eigenvalue weighted by Crippen LogP contribution is -2.23. The van der Waals surface area contributed by atoms with Gasteiger partial charge in [0.15, 0.2) is 0 Å². The van der Waals surface area contributed by atoms with E-state index in [2.05, 4.69) is 12.1 Å². The van der Waals surface area contributed by atoms with Crippen LogP contribution in [0.2, 0.25) is 0 Å². The van der Waals surface area contributed by atoms with Crippen molar-refractivity contribution >= 4 is 19.5 Å². The highest BCUT2D eigenvalue weighted by atomic mass is 32.1. The summed E-state index contributed by atoms with van der Waals surface area (Å²) in [6, 6.07) is 23.7. The zero-order chi connectivity index (χ0) is 19.4. The molecule has 0 saturated carbocycles. The summed E-state index contributed by atoms with van der Waals surface area (Å²) in [5.74, 6) is 0.472. The van der Waals surface area contributed by atoms with Gasteiger partial charge in [-0.05, 0) is 67.3 Å². The van der Waals surface area contributed by atoms with Gasteiger partial charge in [0.1, 0.15) is 11.4 Å². The van der Waals surface area contributed by atoms with E-state index >= 15 is 0 Å². The molecule has 0 aromatic heterocycles. The van der Waals surface area contributed by atoms with E-state index in [4.69, 9.17) is 9.47 Å². The molecule has 3 rings (SSSR count). The molecule has 0 N–H and O–H groups in total. The lowest BCUT2D eigenvalue weighted by molar-refractivity contribution is 0.00696. The molecule has 28 heavy (non-hydrogen) atoms. The highest BCUT2D eigenvalue weighted by molar-refractivity contribution is 7.59. The number of methoxy groups -OCH3 is 1. The fourth-order valence-corrected chi connectivity index (χ4v) is 2.89. The molecule has 0 amide bonds. The first-order chi connectivity index (χ1) is 12.9. The Kier molecular flexibility index (Phi) is 6.92. The Labute approximate surface area is 173 Å². The van der Waals surface area contributed by atoms with Gasteiger partial charge in [-0.25, -0.2) is 4.79 Å². The molecule has 3 aromatic rings. The molecule has 3 aromatic carbocycles. The van der Waals surface area contributed by atoms with Crippen molar-refractivity contribution in [2.24, 2.45) is 0 Å². The van der Waals surface area contributed by atoms with Gasteiger partial charge in [0.05, 0.1) is 12.7 Å². The number of carbonyl (C=O) groups is 1. The second-order valence-electron chi connectivity index (χ2n) is 7.36. The molecule has 0 atom stereocenters. The zero-order valence-corrected chi connectivity index (χ0v) is 17.7. The molecule has 0 unspecified atom stereocenters. The van der Waals surface area contributed by atoms with Crippen LogP contribution >= 0.6 is 13.5 Å². The molecule has 0 radical (unpaired) electrons. The van der Waals surface area contributed by atoms with Crippen LogP contribution in [-0.4, -0.2) is 18.7 Å². The Morgan fingerprint density at radius 1 is 0.786 bits per heavy atom. The maximum absolute atomic E-state index is 12.5. The number of hydrogen-bond acceptors (Lipinski definition) is 3. The lowest BCUT2D eigenvalue weighted by Gasteiger charge is -2.20. The van der Waals surface area contributed by atoms with Crippen LogP contribution in [0.15, 0.2) is 72.8 Å². The largest absolute Gasteiger partial charge is 0.497 e. The molecule has 0 spiro atoms. The van der Waals surface area contributed by atoms with Gasteiger partial charge in [-0.1, -0.05) is 48.5 Å². The van der Waals surface area contributed by atoms with Crippen molar-refractivity contribution in [3.8, 4) is 28.0 Å². The van der Waals surface area contributed by atoms with Gasteiger partial charge in [0.2, 0.25) is 0 Å². The highest BCUT2D eigenvalue weighted by Crippen LogP contribution is 2.34. The van der Waals surface area contributed by atoms with Crippen LogP contribution in [0, 0.1) is 0 Å². The second-order valence-corrected chi connectivity index (χ2v) is 7.36. The van der Waals surface area contributed by atoms with Gasteiger partial charge in [-0.3, -0.25) is 0 Å². The fraction of sp³-hybridized carbons (Fsp3) is 0.208. The molecule has 0 saturated heterocycles. The van der Waals surface area contributed by atoms with Crippen molar-refractivity contribution in [1.82, 2.24) is 0 Å². The Balaban J connectivity index is 0.00000280. The highest BCUT2D eigenvalue weighted by Gasteiger charge is 2.19. The van der Waals surface area contributed by atoms with Crippen LogP contribution in [-0.2, 0) is 4.74 Å². The van der Waals surface area contributed by atoms with Gasteiger partial charge >= 0.3 is 5.97 Å². The summed E-state index contributed by atoms with van der Waals surface area (Å²) in [5, 5.41) is 0. The van der Waals surface area contributed by atoms with E-state index in [0.29, 0.717) is 5.56 Å². The standard InChI is InChI=1S/C24H24O3.H2S/c1-24(2,3)27-23(25)19-12-15-21(17-8-6-5-7-9-17)22(16-19)18-10-13-20(26-4)14-11-18;/h5-16H,1-4H3;1H2. The molecular weight excluding hydrogens is 368 g/mol. The number of esters is 1. The fourth-order valence-electron chi connectivity index (χ4n) is 2.89. The second kappa shape index (κ2) is 8.98. The third kappa shape index (κ3) is 5.17. The SMILES string of the molecule is COc1ccc(-c2cc(C(=O)OC(C)(C)C)ccc2-c2ccccc2)cc1.S. The summed E-state index contributed by atoms with van der Waals surface area (Å²) in [7, 11) is 1.65. The Morgan fingerprint density at radius 3 is 1.96 bits per heavy atom. The van der Waals surface area contributed by atoms with E-state index < -0.39 is 5.60 Å². The van der Waals surface area contributed by atoms with E-state index in [-0.39, 0.29) is 19.5 Å². The quantitative estimate of drug-likeness (QED) is 0.502. The van der Waals surface area contributed by atoms with Gasteiger partial charge in [0.25, 0.3) is 0 Å². The van der Waals surface area contributed by atoms with Crippen LogP contribution in [0.1, 0.15) is 31.1 Å². The average Bonchev–Trinajstić information content (AvgIpc) is 2.67. The van der Waals surface area contributed by atoms with Gasteiger partial charge in [-0.15, -0.1) is 0 Å². The summed E-state index contributed by atoms with van der Waals surface area (Å²) in [4.78, 5) is 12.5. The Morgan fingerprint density at radius 2 is 1.39 bits per heavy atom. The predicted octanol–water partition coefficient (Wildman–Crippen LogP) is 6.10. The van der Waals surface area contributed by atoms with Gasteiger partial charge in [-0.2, -0.15) is 13.5 Å². The summed E-state index contributed by atoms with van der Waals surface area (Å²) in [6.07, 6.45) is 0. The predicted molar refractivity (Wildman–Crippen MR) is 119 cm³/mol. The van der Waals surface area contributed by atoms with Crippen molar-refractivity contribution < 1.29 is 14.3 Å². The monoisotopic (exact) mass is 394 g/mol. The van der Waals surface area contributed by atoms with Crippen LogP contribution in [0.5, 0.6) is 5.75 Å². The number of carbonyl (C=O) groups excluding carboxylic acids is 1.